The van der Waals surface area contributed by atoms with E-state index in [-0.39, 0.29) is 25.0 Å². The number of hydrogen-bond donors (Lipinski definition) is 0. The average molecular weight is 198 g/mol. The third-order valence-corrected chi connectivity index (χ3v) is 1.89. The van der Waals surface area contributed by atoms with Gasteiger partial charge in [0.1, 0.15) is 6.79 Å². The number of ether oxygens (including phenoxy) is 2. The van der Waals surface area contributed by atoms with Crippen LogP contribution >= 0.6 is 0 Å². The zero-order valence-electron chi connectivity index (χ0n) is 9.40. The molecule has 1 rings (SSSR count). The zero-order chi connectivity index (χ0) is 10.2. The van der Waals surface area contributed by atoms with E-state index < -0.39 is 0 Å². The Kier molecular flexibility index (Phi) is 8.45. The molecule has 0 aliphatic rings. The summed E-state index contributed by atoms with van der Waals surface area (Å²) in [5.41, 5.74) is 1.13. The Labute approximate surface area is 103 Å². The predicted molar refractivity (Wildman–Crippen MR) is 55.6 cm³/mol. The third kappa shape index (κ3) is 5.20. The van der Waals surface area contributed by atoms with E-state index in [1.807, 2.05) is 30.3 Å². The van der Waals surface area contributed by atoms with Gasteiger partial charge in [-0.2, -0.15) is 6.42 Å². The molecule has 0 saturated heterocycles. The minimum absolute atomic E-state index is 0. The minimum atomic E-state index is -0.00588. The fourth-order valence-electron chi connectivity index (χ4n) is 1.22. The number of benzene rings is 1. The summed E-state index contributed by atoms with van der Waals surface area (Å²) in [6.45, 7) is 3.88. The van der Waals surface area contributed by atoms with Crippen LogP contribution in [0.4, 0.5) is 0 Å². The van der Waals surface area contributed by atoms with Gasteiger partial charge in [-0.15, -0.1) is 0 Å². The maximum Gasteiger partial charge on any atom is 1.00 e. The average Bonchev–Trinajstić information content (AvgIpc) is 2.25. The van der Waals surface area contributed by atoms with E-state index in [0.29, 0.717) is 13.2 Å². The molecule has 0 bridgehead atoms. The Bertz CT molecular complexity index is 262. The molecule has 2 nitrogen and oxygen atoms in total. The molecule has 0 aromatic heterocycles. The van der Waals surface area contributed by atoms with Gasteiger partial charge >= 0.3 is 18.9 Å². The van der Waals surface area contributed by atoms with E-state index in [2.05, 4.69) is 12.7 Å². The first-order chi connectivity index (χ1) is 6.88. The van der Waals surface area contributed by atoms with Gasteiger partial charge in [-0.25, -0.2) is 0 Å². The Morgan fingerprint density at radius 1 is 1.33 bits per heavy atom. The van der Waals surface area contributed by atoms with Crippen molar-refractivity contribution in [2.24, 2.45) is 0 Å². The Morgan fingerprint density at radius 2 is 2.00 bits per heavy atom. The second-order valence-electron chi connectivity index (χ2n) is 2.93. The van der Waals surface area contributed by atoms with Crippen molar-refractivity contribution >= 4 is 0 Å². The minimum Gasteiger partial charge on any atom is -0.501 e. The Balaban J connectivity index is 0.00000196. The van der Waals surface area contributed by atoms with E-state index in [0.717, 1.165) is 5.56 Å². The molecule has 1 unspecified atom stereocenters. The molecule has 1 aromatic rings. The topological polar surface area (TPSA) is 18.5 Å². The standard InChI is InChI=1S/C12H15O2.Li/c1-3-7-12(14-10-13-2)11-8-5-4-6-9-11;/h4-6,8-9,12H,1,7,10H2,2H3;/q-1;+1. The van der Waals surface area contributed by atoms with Crippen LogP contribution in [-0.4, -0.2) is 13.9 Å². The predicted octanol–water partition coefficient (Wildman–Crippen LogP) is -0.269. The van der Waals surface area contributed by atoms with Gasteiger partial charge in [0.15, 0.2) is 0 Å². The maximum absolute atomic E-state index is 5.49. The van der Waals surface area contributed by atoms with Crippen LogP contribution in [0.25, 0.3) is 0 Å². The summed E-state index contributed by atoms with van der Waals surface area (Å²) in [5, 5.41) is 0. The summed E-state index contributed by atoms with van der Waals surface area (Å²) in [6.07, 6.45) is 3.51. The molecular weight excluding hydrogens is 183 g/mol. The van der Waals surface area contributed by atoms with Crippen molar-refractivity contribution < 1.29 is 28.3 Å². The largest absolute Gasteiger partial charge is 1.00 e. The molecule has 0 aliphatic carbocycles. The molecule has 3 heteroatoms. The zero-order valence-corrected chi connectivity index (χ0v) is 9.40. The molecule has 0 fully saturated rings. The van der Waals surface area contributed by atoms with Crippen molar-refractivity contribution in [1.82, 2.24) is 0 Å². The first-order valence-electron chi connectivity index (χ1n) is 4.54. The molecule has 0 amide bonds. The van der Waals surface area contributed by atoms with Crippen LogP contribution < -0.4 is 18.9 Å². The summed E-state index contributed by atoms with van der Waals surface area (Å²) in [7, 11) is 1.61. The quantitative estimate of drug-likeness (QED) is 0.356. The van der Waals surface area contributed by atoms with Crippen LogP contribution in [0.1, 0.15) is 18.1 Å². The van der Waals surface area contributed by atoms with Gasteiger partial charge in [0.2, 0.25) is 0 Å². The molecule has 1 aromatic carbocycles. The van der Waals surface area contributed by atoms with Crippen LogP contribution in [0.2, 0.25) is 0 Å². The van der Waals surface area contributed by atoms with Crippen LogP contribution in [-0.2, 0) is 9.47 Å². The Morgan fingerprint density at radius 3 is 2.53 bits per heavy atom. The van der Waals surface area contributed by atoms with E-state index in [1.54, 1.807) is 7.11 Å². The third-order valence-electron chi connectivity index (χ3n) is 1.89. The number of rotatable bonds is 6. The van der Waals surface area contributed by atoms with Crippen LogP contribution in [0.5, 0.6) is 0 Å². The van der Waals surface area contributed by atoms with Crippen molar-refractivity contribution in [2.75, 3.05) is 13.9 Å². The SMILES string of the molecule is C=[C-]CC(OCOC)c1ccccc1.[Li+]. The summed E-state index contributed by atoms with van der Waals surface area (Å²) < 4.78 is 10.4. The molecule has 0 spiro atoms. The van der Waals surface area contributed by atoms with Gasteiger partial charge < -0.3 is 15.5 Å². The summed E-state index contributed by atoms with van der Waals surface area (Å²) in [4.78, 5) is 0. The van der Waals surface area contributed by atoms with Gasteiger partial charge in [0.05, 0.1) is 6.10 Å². The molecule has 0 radical (unpaired) electrons. The summed E-state index contributed by atoms with van der Waals surface area (Å²) in [6, 6.07) is 10.0. The smallest absolute Gasteiger partial charge is 0.501 e. The monoisotopic (exact) mass is 198 g/mol. The summed E-state index contributed by atoms with van der Waals surface area (Å²) >= 11 is 0. The van der Waals surface area contributed by atoms with Gasteiger partial charge in [-0.3, -0.25) is 6.58 Å². The molecule has 0 aliphatic heterocycles. The Hall–Kier alpha value is -0.523. The first kappa shape index (κ1) is 14.5. The second kappa shape index (κ2) is 8.76. The molecule has 0 saturated carbocycles. The van der Waals surface area contributed by atoms with E-state index in [1.165, 1.54) is 0 Å². The molecule has 0 heterocycles. The normalized spacial score (nSPS) is 11.5. The van der Waals surface area contributed by atoms with Crippen molar-refractivity contribution in [1.29, 1.82) is 0 Å². The van der Waals surface area contributed by atoms with Crippen molar-refractivity contribution in [3.8, 4) is 0 Å². The maximum atomic E-state index is 5.49. The van der Waals surface area contributed by atoms with Gasteiger partial charge in [-0.05, 0) is 5.56 Å². The van der Waals surface area contributed by atoms with Crippen molar-refractivity contribution in [2.45, 2.75) is 12.5 Å². The first-order valence-corrected chi connectivity index (χ1v) is 4.54. The fourth-order valence-corrected chi connectivity index (χ4v) is 1.22. The molecule has 76 valence electrons. The van der Waals surface area contributed by atoms with E-state index >= 15 is 0 Å². The fraction of sp³-hybridized carbons (Fsp3) is 0.333. The number of hydrogen-bond acceptors (Lipinski definition) is 2. The summed E-state index contributed by atoms with van der Waals surface area (Å²) in [5.74, 6) is 0. The van der Waals surface area contributed by atoms with Gasteiger partial charge in [0, 0.05) is 7.11 Å². The van der Waals surface area contributed by atoms with Gasteiger partial charge in [-0.1, -0.05) is 30.3 Å². The molecule has 1 atom stereocenters. The van der Waals surface area contributed by atoms with Gasteiger partial charge in [0.25, 0.3) is 0 Å². The van der Waals surface area contributed by atoms with Crippen molar-refractivity contribution in [3.63, 3.8) is 0 Å². The van der Waals surface area contributed by atoms with E-state index in [4.69, 9.17) is 9.47 Å². The molecular formula is C12H15LiO2. The van der Waals surface area contributed by atoms with Crippen LogP contribution in [0.3, 0.4) is 0 Å². The van der Waals surface area contributed by atoms with E-state index in [9.17, 15) is 0 Å². The van der Waals surface area contributed by atoms with Crippen LogP contribution in [0.15, 0.2) is 36.9 Å². The molecule has 15 heavy (non-hydrogen) atoms. The van der Waals surface area contributed by atoms with Crippen molar-refractivity contribution in [3.05, 3.63) is 48.6 Å². The van der Waals surface area contributed by atoms with Crippen LogP contribution in [0, 0.1) is 6.08 Å². The number of methoxy groups -OCH3 is 1. The second-order valence-corrected chi connectivity index (χ2v) is 2.93. The molecule has 0 N–H and O–H groups in total.